The van der Waals surface area contributed by atoms with Gasteiger partial charge in [-0.05, 0) is 59.8 Å². The largest absolute Gasteiger partial charge is 0.376 e. The van der Waals surface area contributed by atoms with Gasteiger partial charge in [-0.1, -0.05) is 0 Å². The van der Waals surface area contributed by atoms with Crippen LogP contribution in [0.1, 0.15) is 19.8 Å². The van der Waals surface area contributed by atoms with E-state index in [4.69, 9.17) is 5.26 Å². The highest BCUT2D eigenvalue weighted by Gasteiger charge is 2.42. The van der Waals surface area contributed by atoms with E-state index in [9.17, 15) is 9.18 Å². The molecule has 1 aromatic carbocycles. The highest BCUT2D eigenvalue weighted by atomic mass is 79.9. The molecule has 1 fully saturated rings. The molecule has 4 nitrogen and oxygen atoms in total. The summed E-state index contributed by atoms with van der Waals surface area (Å²) in [4.78, 5) is 11.9. The van der Waals surface area contributed by atoms with Gasteiger partial charge in [0.05, 0.1) is 17.1 Å². The fourth-order valence-electron chi connectivity index (χ4n) is 2.00. The van der Waals surface area contributed by atoms with Crippen molar-refractivity contribution < 1.29 is 9.18 Å². The molecule has 1 amide bonds. The molecule has 0 bridgehead atoms. The Hall–Kier alpha value is -1.61. The van der Waals surface area contributed by atoms with Gasteiger partial charge in [-0.2, -0.15) is 5.26 Å². The molecule has 1 aromatic rings. The molecule has 106 valence electrons. The number of nitrogens with one attached hydrogen (secondary N) is 2. The number of amides is 1. The van der Waals surface area contributed by atoms with Crippen LogP contribution in [0.15, 0.2) is 22.7 Å². The molecule has 6 heteroatoms. The summed E-state index contributed by atoms with van der Waals surface area (Å²) in [5.41, 5.74) is -0.152. The lowest BCUT2D eigenvalue weighted by molar-refractivity contribution is -0.120. The third-order valence-corrected chi connectivity index (χ3v) is 4.01. The summed E-state index contributed by atoms with van der Waals surface area (Å²) in [5, 5.41) is 14.8. The fraction of sp³-hybridized carbons (Fsp3) is 0.429. The number of halogens is 2. The smallest absolute Gasteiger partial charge is 0.240 e. The Labute approximate surface area is 125 Å². The first-order valence-corrected chi connectivity index (χ1v) is 7.15. The quantitative estimate of drug-likeness (QED) is 0.866. The van der Waals surface area contributed by atoms with E-state index in [2.05, 4.69) is 32.6 Å². The molecule has 0 saturated heterocycles. The minimum Gasteiger partial charge on any atom is -0.376 e. The van der Waals surface area contributed by atoms with E-state index in [1.807, 2.05) is 0 Å². The van der Waals surface area contributed by atoms with E-state index in [0.29, 0.717) is 10.2 Å². The van der Waals surface area contributed by atoms with Gasteiger partial charge in [0.2, 0.25) is 5.91 Å². The number of carbonyl (C=O) groups is 1. The lowest BCUT2D eigenvalue weighted by Crippen LogP contribution is -2.48. The molecule has 0 spiro atoms. The summed E-state index contributed by atoms with van der Waals surface area (Å²) in [5.74, 6) is -0.358. The molecule has 0 aromatic heterocycles. The van der Waals surface area contributed by atoms with Crippen molar-refractivity contribution in [3.05, 3.63) is 28.5 Å². The van der Waals surface area contributed by atoms with Gasteiger partial charge in [0, 0.05) is 5.69 Å². The molecule has 1 aliphatic carbocycles. The zero-order valence-electron chi connectivity index (χ0n) is 11.0. The van der Waals surface area contributed by atoms with E-state index in [1.54, 1.807) is 19.1 Å². The van der Waals surface area contributed by atoms with Crippen molar-refractivity contribution in [2.75, 3.05) is 11.9 Å². The van der Waals surface area contributed by atoms with Crippen LogP contribution in [0.4, 0.5) is 10.1 Å². The maximum Gasteiger partial charge on any atom is 0.240 e. The Kier molecular flexibility index (Phi) is 4.29. The predicted molar refractivity (Wildman–Crippen MR) is 77.5 cm³/mol. The van der Waals surface area contributed by atoms with Crippen LogP contribution in [0.2, 0.25) is 0 Å². The number of rotatable bonds is 5. The van der Waals surface area contributed by atoms with Crippen LogP contribution in [0.3, 0.4) is 0 Å². The molecule has 1 unspecified atom stereocenters. The van der Waals surface area contributed by atoms with Gasteiger partial charge in [0.15, 0.2) is 0 Å². The third-order valence-electron chi connectivity index (χ3n) is 3.40. The van der Waals surface area contributed by atoms with Crippen LogP contribution in [0.25, 0.3) is 0 Å². The molecule has 2 N–H and O–H groups in total. The summed E-state index contributed by atoms with van der Waals surface area (Å²) in [6.07, 6.45) is 1.95. The molecule has 0 aliphatic heterocycles. The van der Waals surface area contributed by atoms with E-state index in [-0.39, 0.29) is 24.2 Å². The van der Waals surface area contributed by atoms with Crippen LogP contribution < -0.4 is 10.6 Å². The Balaban J connectivity index is 1.89. The average Bonchev–Trinajstić information content (AvgIpc) is 3.25. The van der Waals surface area contributed by atoms with E-state index in [0.717, 1.165) is 12.8 Å². The van der Waals surface area contributed by atoms with Crippen LogP contribution in [-0.4, -0.2) is 18.0 Å². The molecule has 1 atom stereocenters. The van der Waals surface area contributed by atoms with Gasteiger partial charge in [-0.15, -0.1) is 0 Å². The fourth-order valence-corrected chi connectivity index (χ4v) is 2.38. The Morgan fingerprint density at radius 2 is 2.30 bits per heavy atom. The Morgan fingerprint density at radius 3 is 2.85 bits per heavy atom. The van der Waals surface area contributed by atoms with E-state index < -0.39 is 5.54 Å². The van der Waals surface area contributed by atoms with E-state index >= 15 is 0 Å². The normalized spacial score (nSPS) is 16.9. The number of carbonyl (C=O) groups excluding carboxylic acids is 1. The average molecular weight is 340 g/mol. The SMILES string of the molecule is CC(C#N)(NC(=O)CNc1ccc(F)c(Br)c1)C1CC1. The van der Waals surface area contributed by atoms with Crippen molar-refractivity contribution in [3.63, 3.8) is 0 Å². The van der Waals surface area contributed by atoms with E-state index in [1.165, 1.54) is 6.07 Å². The molecular formula is C14H15BrFN3O. The van der Waals surface area contributed by atoms with Gasteiger partial charge in [0.1, 0.15) is 11.4 Å². The standard InChI is InChI=1S/C14H15BrFN3O/c1-14(8-17,9-2-3-9)19-13(20)7-18-10-4-5-12(16)11(15)6-10/h4-6,9,18H,2-3,7H2,1H3,(H,19,20). The summed E-state index contributed by atoms with van der Waals surface area (Å²) < 4.78 is 13.4. The first kappa shape index (κ1) is 14.8. The summed E-state index contributed by atoms with van der Waals surface area (Å²) in [7, 11) is 0. The van der Waals surface area contributed by atoms with Gasteiger partial charge in [0.25, 0.3) is 0 Å². The number of anilines is 1. The van der Waals surface area contributed by atoms with Crippen molar-refractivity contribution in [1.82, 2.24) is 5.32 Å². The molecular weight excluding hydrogens is 325 g/mol. The second-order valence-electron chi connectivity index (χ2n) is 5.12. The minimum atomic E-state index is -0.790. The lowest BCUT2D eigenvalue weighted by atomic mass is 9.98. The van der Waals surface area contributed by atoms with Crippen LogP contribution in [0, 0.1) is 23.1 Å². The number of hydrogen-bond donors (Lipinski definition) is 2. The minimum absolute atomic E-state index is 0.0437. The zero-order valence-corrected chi connectivity index (χ0v) is 12.6. The van der Waals surface area contributed by atoms with Crippen molar-refractivity contribution in [1.29, 1.82) is 5.26 Å². The zero-order chi connectivity index (χ0) is 14.8. The predicted octanol–water partition coefficient (Wildman–Crippen LogP) is 2.81. The summed E-state index contributed by atoms with van der Waals surface area (Å²) in [6, 6.07) is 6.60. The second kappa shape index (κ2) is 5.80. The monoisotopic (exact) mass is 339 g/mol. The molecule has 0 radical (unpaired) electrons. The number of nitriles is 1. The van der Waals surface area contributed by atoms with Crippen LogP contribution >= 0.6 is 15.9 Å². The van der Waals surface area contributed by atoms with Crippen LogP contribution in [0.5, 0.6) is 0 Å². The molecule has 0 heterocycles. The molecule has 1 aliphatic rings. The van der Waals surface area contributed by atoms with Gasteiger partial charge >= 0.3 is 0 Å². The lowest BCUT2D eigenvalue weighted by Gasteiger charge is -2.23. The molecule has 20 heavy (non-hydrogen) atoms. The summed E-state index contributed by atoms with van der Waals surface area (Å²) >= 11 is 3.08. The maximum absolute atomic E-state index is 13.1. The highest BCUT2D eigenvalue weighted by molar-refractivity contribution is 9.10. The molecule has 2 rings (SSSR count). The maximum atomic E-state index is 13.1. The second-order valence-corrected chi connectivity index (χ2v) is 5.97. The topological polar surface area (TPSA) is 64.9 Å². The van der Waals surface area contributed by atoms with Gasteiger partial charge in [-0.3, -0.25) is 4.79 Å². The Bertz CT molecular complexity index is 568. The van der Waals surface area contributed by atoms with Crippen molar-refractivity contribution in [2.24, 2.45) is 5.92 Å². The first-order chi connectivity index (χ1) is 9.44. The van der Waals surface area contributed by atoms with Crippen molar-refractivity contribution in [2.45, 2.75) is 25.3 Å². The highest BCUT2D eigenvalue weighted by Crippen LogP contribution is 2.39. The van der Waals surface area contributed by atoms with Gasteiger partial charge in [-0.25, -0.2) is 4.39 Å². The van der Waals surface area contributed by atoms with Gasteiger partial charge < -0.3 is 10.6 Å². The number of hydrogen-bond acceptors (Lipinski definition) is 3. The van der Waals surface area contributed by atoms with Crippen molar-refractivity contribution >= 4 is 27.5 Å². The molecule has 1 saturated carbocycles. The first-order valence-electron chi connectivity index (χ1n) is 6.36. The summed E-state index contributed by atoms with van der Waals surface area (Å²) in [6.45, 7) is 1.79. The third kappa shape index (κ3) is 3.48. The Morgan fingerprint density at radius 1 is 1.60 bits per heavy atom. The number of nitrogens with zero attached hydrogens (tertiary/aromatic N) is 1. The number of benzene rings is 1. The van der Waals surface area contributed by atoms with Crippen molar-refractivity contribution in [3.8, 4) is 6.07 Å². The van der Waals surface area contributed by atoms with Crippen LogP contribution in [-0.2, 0) is 4.79 Å².